The van der Waals surface area contributed by atoms with Gasteiger partial charge in [0.05, 0.1) is 17.6 Å². The van der Waals surface area contributed by atoms with Crippen LogP contribution in [0.5, 0.6) is 0 Å². The number of hydrogen-bond acceptors (Lipinski definition) is 4. The molecule has 3 rings (SSSR count). The zero-order valence-electron chi connectivity index (χ0n) is 11.0. The van der Waals surface area contributed by atoms with E-state index in [0.717, 1.165) is 21.2 Å². The molecular weight excluding hydrogens is 272 g/mol. The van der Waals surface area contributed by atoms with Crippen molar-refractivity contribution in [3.8, 4) is 0 Å². The Balaban J connectivity index is 2.13. The Labute approximate surface area is 120 Å². The van der Waals surface area contributed by atoms with Crippen LogP contribution in [-0.4, -0.2) is 15.7 Å². The van der Waals surface area contributed by atoms with Crippen LogP contribution in [0, 0.1) is 6.92 Å². The standard InChI is InChI=1S/C14H14N4OS/c1-9-6-16-18(7-9)8-11-10-4-2-3-5-12(10)20-13(11)14(19)17-15/h2-7H,8,15H2,1H3,(H,17,19). The molecule has 1 amide bonds. The Morgan fingerprint density at radius 1 is 1.45 bits per heavy atom. The first-order valence-corrected chi connectivity index (χ1v) is 7.01. The lowest BCUT2D eigenvalue weighted by Crippen LogP contribution is -2.30. The third-order valence-electron chi connectivity index (χ3n) is 3.12. The van der Waals surface area contributed by atoms with Crippen LogP contribution < -0.4 is 11.3 Å². The van der Waals surface area contributed by atoms with Crippen LogP contribution in [0.1, 0.15) is 20.8 Å². The van der Waals surface area contributed by atoms with Crippen LogP contribution in [0.3, 0.4) is 0 Å². The Morgan fingerprint density at radius 2 is 2.25 bits per heavy atom. The van der Waals surface area contributed by atoms with Gasteiger partial charge in [0, 0.05) is 16.5 Å². The zero-order valence-corrected chi connectivity index (χ0v) is 11.8. The highest BCUT2D eigenvalue weighted by Gasteiger charge is 2.18. The predicted molar refractivity (Wildman–Crippen MR) is 79.5 cm³/mol. The van der Waals surface area contributed by atoms with Gasteiger partial charge in [0.15, 0.2) is 0 Å². The molecule has 1 aromatic carbocycles. The number of nitrogen functional groups attached to an aromatic ring is 1. The van der Waals surface area contributed by atoms with Crippen LogP contribution in [0.25, 0.3) is 10.1 Å². The number of nitrogens with one attached hydrogen (secondary N) is 1. The van der Waals surface area contributed by atoms with Crippen LogP contribution >= 0.6 is 11.3 Å². The van der Waals surface area contributed by atoms with Crippen molar-refractivity contribution >= 4 is 27.3 Å². The number of hydrogen-bond donors (Lipinski definition) is 2. The van der Waals surface area contributed by atoms with E-state index in [9.17, 15) is 4.79 Å². The van der Waals surface area contributed by atoms with Crippen LogP contribution in [-0.2, 0) is 6.54 Å². The molecule has 0 atom stereocenters. The molecule has 5 nitrogen and oxygen atoms in total. The minimum absolute atomic E-state index is 0.259. The summed E-state index contributed by atoms with van der Waals surface area (Å²) in [6.45, 7) is 2.54. The normalized spacial score (nSPS) is 10.9. The van der Waals surface area contributed by atoms with Crippen molar-refractivity contribution in [2.45, 2.75) is 13.5 Å². The highest BCUT2D eigenvalue weighted by molar-refractivity contribution is 7.21. The molecule has 102 valence electrons. The summed E-state index contributed by atoms with van der Waals surface area (Å²) < 4.78 is 2.90. The lowest BCUT2D eigenvalue weighted by molar-refractivity contribution is 0.0957. The number of nitrogens with zero attached hydrogens (tertiary/aromatic N) is 2. The summed E-state index contributed by atoms with van der Waals surface area (Å²) in [6.07, 6.45) is 3.76. The molecule has 0 unspecified atom stereocenters. The molecule has 20 heavy (non-hydrogen) atoms. The highest BCUT2D eigenvalue weighted by atomic mass is 32.1. The number of benzene rings is 1. The van der Waals surface area contributed by atoms with Crippen LogP contribution in [0.4, 0.5) is 0 Å². The number of rotatable bonds is 3. The fraction of sp³-hybridized carbons (Fsp3) is 0.143. The predicted octanol–water partition coefficient (Wildman–Crippen LogP) is 2.06. The van der Waals surface area contributed by atoms with E-state index in [4.69, 9.17) is 5.84 Å². The monoisotopic (exact) mass is 286 g/mol. The number of carbonyl (C=O) groups is 1. The largest absolute Gasteiger partial charge is 0.289 e. The van der Waals surface area contributed by atoms with Gasteiger partial charge in [-0.25, -0.2) is 5.84 Å². The number of hydrazine groups is 1. The van der Waals surface area contributed by atoms with Crippen LogP contribution in [0.2, 0.25) is 0 Å². The average Bonchev–Trinajstić information content (AvgIpc) is 3.03. The number of amides is 1. The molecule has 0 aliphatic heterocycles. The Hall–Kier alpha value is -2.18. The van der Waals surface area contributed by atoms with Gasteiger partial charge >= 0.3 is 0 Å². The van der Waals surface area contributed by atoms with E-state index < -0.39 is 0 Å². The second kappa shape index (κ2) is 5.07. The minimum Gasteiger partial charge on any atom is -0.289 e. The first kappa shape index (κ1) is 12.8. The first-order valence-electron chi connectivity index (χ1n) is 6.19. The summed E-state index contributed by atoms with van der Waals surface area (Å²) in [4.78, 5) is 12.6. The van der Waals surface area contributed by atoms with Gasteiger partial charge in [-0.1, -0.05) is 18.2 Å². The molecule has 0 saturated carbocycles. The maximum atomic E-state index is 11.9. The van der Waals surface area contributed by atoms with E-state index in [1.54, 1.807) is 6.20 Å². The van der Waals surface area contributed by atoms with E-state index in [1.165, 1.54) is 11.3 Å². The molecule has 0 aliphatic carbocycles. The molecule has 0 bridgehead atoms. The van der Waals surface area contributed by atoms with Crippen molar-refractivity contribution in [2.75, 3.05) is 0 Å². The maximum absolute atomic E-state index is 11.9. The van der Waals surface area contributed by atoms with Crippen molar-refractivity contribution in [1.82, 2.24) is 15.2 Å². The van der Waals surface area contributed by atoms with Crippen molar-refractivity contribution in [2.24, 2.45) is 5.84 Å². The minimum atomic E-state index is -0.259. The van der Waals surface area contributed by atoms with Gasteiger partial charge in [-0.05, 0) is 23.9 Å². The third kappa shape index (κ3) is 2.19. The fourth-order valence-electron chi connectivity index (χ4n) is 2.22. The van der Waals surface area contributed by atoms with Crippen molar-refractivity contribution in [3.05, 3.63) is 52.7 Å². The van der Waals surface area contributed by atoms with Crippen molar-refractivity contribution in [3.63, 3.8) is 0 Å². The molecule has 0 radical (unpaired) electrons. The second-order valence-corrected chi connectivity index (χ2v) is 5.65. The van der Waals surface area contributed by atoms with Gasteiger partial charge in [0.2, 0.25) is 0 Å². The number of aromatic nitrogens is 2. The summed E-state index contributed by atoms with van der Waals surface area (Å²) in [7, 11) is 0. The summed E-state index contributed by atoms with van der Waals surface area (Å²) in [5.74, 6) is 5.02. The second-order valence-electron chi connectivity index (χ2n) is 4.59. The van der Waals surface area contributed by atoms with Gasteiger partial charge in [-0.3, -0.25) is 14.9 Å². The van der Waals surface area contributed by atoms with E-state index in [1.807, 2.05) is 42.1 Å². The number of nitrogens with two attached hydrogens (primary N) is 1. The molecule has 0 fully saturated rings. The fourth-order valence-corrected chi connectivity index (χ4v) is 3.34. The molecule has 2 aromatic heterocycles. The van der Waals surface area contributed by atoms with Gasteiger partial charge in [0.1, 0.15) is 0 Å². The summed E-state index contributed by atoms with van der Waals surface area (Å²) >= 11 is 1.45. The third-order valence-corrected chi connectivity index (χ3v) is 4.33. The van der Waals surface area contributed by atoms with Gasteiger partial charge in [-0.2, -0.15) is 5.10 Å². The first-order chi connectivity index (χ1) is 9.69. The Morgan fingerprint density at radius 3 is 2.95 bits per heavy atom. The van der Waals surface area contributed by atoms with Gasteiger partial charge in [0.25, 0.3) is 5.91 Å². The maximum Gasteiger partial charge on any atom is 0.275 e. The topological polar surface area (TPSA) is 72.9 Å². The quantitative estimate of drug-likeness (QED) is 0.440. The summed E-state index contributed by atoms with van der Waals surface area (Å²) in [5.41, 5.74) is 4.26. The molecule has 0 saturated heterocycles. The molecule has 2 heterocycles. The zero-order chi connectivity index (χ0) is 14.1. The molecule has 3 aromatic rings. The molecule has 0 aliphatic rings. The SMILES string of the molecule is Cc1cnn(Cc2c(C(=O)NN)sc3ccccc23)c1. The number of thiophene rings is 1. The van der Waals surface area contributed by atoms with E-state index in [0.29, 0.717) is 11.4 Å². The highest BCUT2D eigenvalue weighted by Crippen LogP contribution is 2.31. The molecule has 6 heteroatoms. The number of carbonyl (C=O) groups excluding carboxylic acids is 1. The Kier molecular flexibility index (Phi) is 3.25. The molecule has 0 spiro atoms. The summed E-state index contributed by atoms with van der Waals surface area (Å²) in [5, 5.41) is 5.36. The van der Waals surface area contributed by atoms with Gasteiger partial charge < -0.3 is 0 Å². The van der Waals surface area contributed by atoms with Crippen molar-refractivity contribution < 1.29 is 4.79 Å². The van der Waals surface area contributed by atoms with E-state index >= 15 is 0 Å². The molecule has 3 N–H and O–H groups in total. The van der Waals surface area contributed by atoms with E-state index in [-0.39, 0.29) is 5.91 Å². The Bertz CT molecular complexity index is 774. The van der Waals surface area contributed by atoms with Crippen LogP contribution in [0.15, 0.2) is 36.7 Å². The van der Waals surface area contributed by atoms with Crippen molar-refractivity contribution in [1.29, 1.82) is 0 Å². The van der Waals surface area contributed by atoms with E-state index in [2.05, 4.69) is 10.5 Å². The number of fused-ring (bicyclic) bond motifs is 1. The smallest absolute Gasteiger partial charge is 0.275 e. The summed E-state index contributed by atoms with van der Waals surface area (Å²) in [6, 6.07) is 7.96. The number of aryl methyl sites for hydroxylation is 1. The molecular formula is C14H14N4OS. The van der Waals surface area contributed by atoms with Gasteiger partial charge in [-0.15, -0.1) is 11.3 Å². The average molecular weight is 286 g/mol. The lowest BCUT2D eigenvalue weighted by atomic mass is 10.1. The lowest BCUT2D eigenvalue weighted by Gasteiger charge is -2.04.